The Hall–Kier alpha value is -1.22. The minimum absolute atomic E-state index is 0.0618. The number of hydrogen-bond donors (Lipinski definition) is 1. The second-order valence-electron chi connectivity index (χ2n) is 2.63. The van der Waals surface area contributed by atoms with E-state index >= 15 is 0 Å². The van der Waals surface area contributed by atoms with Gasteiger partial charge in [0.25, 0.3) is 0 Å². The van der Waals surface area contributed by atoms with Crippen molar-refractivity contribution in [2.45, 2.75) is 12.5 Å². The van der Waals surface area contributed by atoms with E-state index in [-0.39, 0.29) is 6.04 Å². The number of aromatic nitrogens is 1. The van der Waals surface area contributed by atoms with Crippen molar-refractivity contribution in [3.05, 3.63) is 23.9 Å². The molecule has 0 fully saturated rings. The molecule has 0 unspecified atom stereocenters. The highest BCUT2D eigenvalue weighted by Crippen LogP contribution is 2.18. The molecule has 1 aromatic rings. The topological polar surface area (TPSA) is 51.3 Å². The predicted octanol–water partition coefficient (Wildman–Crippen LogP) is 0.667. The first-order chi connectivity index (χ1) is 5.36. The fraction of sp³-hybridized carbons (Fsp3) is 0.250. The van der Waals surface area contributed by atoms with Gasteiger partial charge in [0.2, 0.25) is 0 Å². The molecule has 1 aliphatic rings. The highest BCUT2D eigenvalue weighted by molar-refractivity contribution is 5.71. The van der Waals surface area contributed by atoms with E-state index in [1.54, 1.807) is 12.4 Å². The maximum Gasteiger partial charge on any atom is 0.154 e. The SMILES string of the molecule is N[C@H]1C=Nc2ncccc2C1. The van der Waals surface area contributed by atoms with Crippen molar-refractivity contribution in [3.8, 4) is 0 Å². The summed E-state index contributed by atoms with van der Waals surface area (Å²) in [4.78, 5) is 8.21. The Balaban J connectivity index is 2.46. The minimum atomic E-state index is 0.0618. The van der Waals surface area contributed by atoms with E-state index in [2.05, 4.69) is 9.98 Å². The molecule has 2 rings (SSSR count). The Bertz CT molecular complexity index is 293. The van der Waals surface area contributed by atoms with Crippen LogP contribution in [0.1, 0.15) is 5.56 Å². The fourth-order valence-electron chi connectivity index (χ4n) is 1.18. The molecular formula is C8H9N3. The van der Waals surface area contributed by atoms with Gasteiger partial charge < -0.3 is 5.73 Å². The van der Waals surface area contributed by atoms with E-state index in [4.69, 9.17) is 5.73 Å². The summed E-state index contributed by atoms with van der Waals surface area (Å²) in [5, 5.41) is 0. The second kappa shape index (κ2) is 2.43. The van der Waals surface area contributed by atoms with Crippen LogP contribution < -0.4 is 5.73 Å². The lowest BCUT2D eigenvalue weighted by atomic mass is 10.1. The lowest BCUT2D eigenvalue weighted by molar-refractivity contribution is 0.842. The van der Waals surface area contributed by atoms with Gasteiger partial charge in [-0.1, -0.05) is 6.07 Å². The largest absolute Gasteiger partial charge is 0.323 e. The summed E-state index contributed by atoms with van der Waals surface area (Å²) >= 11 is 0. The van der Waals surface area contributed by atoms with Gasteiger partial charge in [0.05, 0.1) is 0 Å². The van der Waals surface area contributed by atoms with Crippen LogP contribution in [0.2, 0.25) is 0 Å². The molecule has 1 aromatic heterocycles. The van der Waals surface area contributed by atoms with Crippen LogP contribution in [-0.4, -0.2) is 17.2 Å². The van der Waals surface area contributed by atoms with Crippen molar-refractivity contribution in [1.29, 1.82) is 0 Å². The quantitative estimate of drug-likeness (QED) is 0.586. The molecule has 3 heteroatoms. The lowest BCUT2D eigenvalue weighted by Gasteiger charge is -2.12. The molecule has 2 heterocycles. The Morgan fingerprint density at radius 2 is 2.45 bits per heavy atom. The average Bonchev–Trinajstić information content (AvgIpc) is 2.04. The number of hydrogen-bond acceptors (Lipinski definition) is 3. The molecule has 0 radical (unpaired) electrons. The standard InChI is InChI=1S/C8H9N3/c9-7-4-6-2-1-3-10-8(6)11-5-7/h1-3,5,7H,4,9H2/t7-/m1/s1. The fourth-order valence-corrected chi connectivity index (χ4v) is 1.18. The summed E-state index contributed by atoms with van der Waals surface area (Å²) in [6.07, 6.45) is 4.34. The number of nitrogens with zero attached hydrogens (tertiary/aromatic N) is 2. The predicted molar refractivity (Wildman–Crippen MR) is 44.1 cm³/mol. The van der Waals surface area contributed by atoms with Crippen LogP contribution in [-0.2, 0) is 6.42 Å². The van der Waals surface area contributed by atoms with Crippen molar-refractivity contribution < 1.29 is 0 Å². The van der Waals surface area contributed by atoms with Gasteiger partial charge in [-0.3, -0.25) is 0 Å². The van der Waals surface area contributed by atoms with Gasteiger partial charge in [-0.2, -0.15) is 0 Å². The van der Waals surface area contributed by atoms with Gasteiger partial charge in [0.15, 0.2) is 5.82 Å². The van der Waals surface area contributed by atoms with E-state index < -0.39 is 0 Å². The van der Waals surface area contributed by atoms with Crippen LogP contribution in [0.4, 0.5) is 5.82 Å². The van der Waals surface area contributed by atoms with Crippen molar-refractivity contribution >= 4 is 12.0 Å². The second-order valence-corrected chi connectivity index (χ2v) is 2.63. The minimum Gasteiger partial charge on any atom is -0.323 e. The molecule has 56 valence electrons. The molecule has 0 spiro atoms. The Morgan fingerprint density at radius 3 is 3.36 bits per heavy atom. The van der Waals surface area contributed by atoms with Gasteiger partial charge >= 0.3 is 0 Å². The zero-order chi connectivity index (χ0) is 7.68. The van der Waals surface area contributed by atoms with E-state index in [0.29, 0.717) is 0 Å². The Morgan fingerprint density at radius 1 is 1.55 bits per heavy atom. The normalized spacial score (nSPS) is 21.4. The third-order valence-electron chi connectivity index (χ3n) is 1.71. The molecule has 1 atom stereocenters. The summed E-state index contributed by atoms with van der Waals surface area (Å²) < 4.78 is 0. The van der Waals surface area contributed by atoms with Gasteiger partial charge in [0.1, 0.15) is 0 Å². The van der Waals surface area contributed by atoms with Crippen LogP contribution in [0.5, 0.6) is 0 Å². The molecule has 0 amide bonds. The van der Waals surface area contributed by atoms with Crippen molar-refractivity contribution in [1.82, 2.24) is 4.98 Å². The van der Waals surface area contributed by atoms with Crippen LogP contribution in [0, 0.1) is 0 Å². The number of pyridine rings is 1. The van der Waals surface area contributed by atoms with E-state index in [0.717, 1.165) is 17.8 Å². The Labute approximate surface area is 65.0 Å². The van der Waals surface area contributed by atoms with Crippen molar-refractivity contribution in [2.24, 2.45) is 10.7 Å². The zero-order valence-electron chi connectivity index (χ0n) is 6.07. The van der Waals surface area contributed by atoms with Crippen LogP contribution in [0.25, 0.3) is 0 Å². The van der Waals surface area contributed by atoms with E-state index in [9.17, 15) is 0 Å². The summed E-state index contributed by atoms with van der Waals surface area (Å²) in [5.41, 5.74) is 6.81. The molecule has 0 saturated carbocycles. The summed E-state index contributed by atoms with van der Waals surface area (Å²) in [7, 11) is 0. The first-order valence-electron chi connectivity index (χ1n) is 3.60. The van der Waals surface area contributed by atoms with Gasteiger partial charge in [-0.05, 0) is 18.1 Å². The molecule has 3 nitrogen and oxygen atoms in total. The van der Waals surface area contributed by atoms with Crippen LogP contribution in [0.15, 0.2) is 23.3 Å². The van der Waals surface area contributed by atoms with Gasteiger partial charge in [0, 0.05) is 18.5 Å². The molecule has 0 aliphatic carbocycles. The maximum absolute atomic E-state index is 5.67. The van der Waals surface area contributed by atoms with Crippen LogP contribution in [0.3, 0.4) is 0 Å². The molecule has 0 saturated heterocycles. The molecular weight excluding hydrogens is 138 g/mol. The summed E-state index contributed by atoms with van der Waals surface area (Å²) in [6, 6.07) is 3.98. The molecule has 0 aromatic carbocycles. The number of rotatable bonds is 0. The van der Waals surface area contributed by atoms with Crippen molar-refractivity contribution in [3.63, 3.8) is 0 Å². The lowest BCUT2D eigenvalue weighted by Crippen LogP contribution is -2.26. The maximum atomic E-state index is 5.67. The number of nitrogens with two attached hydrogens (primary N) is 1. The van der Waals surface area contributed by atoms with E-state index in [1.807, 2.05) is 12.1 Å². The third-order valence-corrected chi connectivity index (χ3v) is 1.71. The van der Waals surface area contributed by atoms with Gasteiger partial charge in [-0.25, -0.2) is 9.98 Å². The highest BCUT2D eigenvalue weighted by atomic mass is 14.9. The molecule has 2 N–H and O–H groups in total. The molecule has 1 aliphatic heterocycles. The summed E-state index contributed by atoms with van der Waals surface area (Å²) in [6.45, 7) is 0. The third kappa shape index (κ3) is 1.14. The number of aliphatic imine (C=N–C) groups is 1. The monoisotopic (exact) mass is 147 g/mol. The molecule has 11 heavy (non-hydrogen) atoms. The Kier molecular flexibility index (Phi) is 1.43. The van der Waals surface area contributed by atoms with Crippen LogP contribution >= 0.6 is 0 Å². The average molecular weight is 147 g/mol. The summed E-state index contributed by atoms with van der Waals surface area (Å²) in [5.74, 6) is 0.814. The van der Waals surface area contributed by atoms with Crippen molar-refractivity contribution in [2.75, 3.05) is 0 Å². The first-order valence-corrected chi connectivity index (χ1v) is 3.60. The molecule has 0 bridgehead atoms. The highest BCUT2D eigenvalue weighted by Gasteiger charge is 2.10. The van der Waals surface area contributed by atoms with E-state index in [1.165, 1.54) is 0 Å². The van der Waals surface area contributed by atoms with Gasteiger partial charge in [-0.15, -0.1) is 0 Å². The zero-order valence-corrected chi connectivity index (χ0v) is 6.07. The first kappa shape index (κ1) is 6.49. The number of fused-ring (bicyclic) bond motifs is 1. The smallest absolute Gasteiger partial charge is 0.154 e.